The number of hydrogen-bond acceptors (Lipinski definition) is 6. The van der Waals surface area contributed by atoms with E-state index in [1.165, 1.54) is 22.7 Å². The monoisotopic (exact) mass is 535 g/mol. The van der Waals surface area contributed by atoms with Crippen molar-refractivity contribution in [3.8, 4) is 17.7 Å². The van der Waals surface area contributed by atoms with Crippen LogP contribution in [-0.4, -0.2) is 17.8 Å². The lowest BCUT2D eigenvalue weighted by Crippen LogP contribution is -2.19. The molecular weight excluding hydrogens is 518 g/mol. The quantitative estimate of drug-likeness (QED) is 0.316. The number of ether oxygens (including phenoxy) is 1. The number of aryl methyl sites for hydroxylation is 1. The molecule has 0 saturated heterocycles. The minimum absolute atomic E-state index is 0.0741. The van der Waals surface area contributed by atoms with Crippen molar-refractivity contribution in [2.45, 2.75) is 18.2 Å². The van der Waals surface area contributed by atoms with Crippen LogP contribution in [0.5, 0.6) is 11.6 Å². The Kier molecular flexibility index (Phi) is 6.63. The van der Waals surface area contributed by atoms with Crippen molar-refractivity contribution in [1.82, 2.24) is 9.38 Å². The number of nitrogens with zero attached hydrogens (tertiary/aromatic N) is 3. The van der Waals surface area contributed by atoms with Crippen LogP contribution in [0.4, 0.5) is 0 Å². The van der Waals surface area contributed by atoms with Gasteiger partial charge in [0.25, 0.3) is 5.56 Å². The van der Waals surface area contributed by atoms with Crippen LogP contribution < -0.4 is 10.3 Å². The summed E-state index contributed by atoms with van der Waals surface area (Å²) in [7, 11) is -4.19. The summed E-state index contributed by atoms with van der Waals surface area (Å²) in [6, 6.07) is 19.8. The van der Waals surface area contributed by atoms with Gasteiger partial charge in [-0.15, -0.1) is 0 Å². The summed E-state index contributed by atoms with van der Waals surface area (Å²) in [4.78, 5) is 17.0. The maximum absolute atomic E-state index is 13.3. The standard InChI is InChI=1S/C25H18BrN3O4S/c1-2-17-6-10-19(11-7-17)33-24-22(25(30)29-14-4-3-5-23(29)28-24)15-21(16-27)34(31,32)20-12-8-18(26)9-13-20/h3-15H,2H2,1H3/b21-15-. The third-order valence-electron chi connectivity index (χ3n) is 5.08. The molecule has 0 saturated carbocycles. The molecule has 34 heavy (non-hydrogen) atoms. The van der Waals surface area contributed by atoms with Crippen LogP contribution in [-0.2, 0) is 16.3 Å². The average molecular weight is 536 g/mol. The van der Waals surface area contributed by atoms with Gasteiger partial charge in [-0.1, -0.05) is 41.1 Å². The smallest absolute Gasteiger partial charge is 0.269 e. The molecule has 0 aliphatic carbocycles. The topological polar surface area (TPSA) is 102 Å². The Hall–Kier alpha value is -3.74. The Labute approximate surface area is 204 Å². The number of benzene rings is 2. The summed E-state index contributed by atoms with van der Waals surface area (Å²) in [6.07, 6.45) is 3.38. The predicted octanol–water partition coefficient (Wildman–Crippen LogP) is 5.15. The number of nitriles is 1. The minimum Gasteiger partial charge on any atom is -0.438 e. The third kappa shape index (κ3) is 4.64. The molecule has 2 aromatic carbocycles. The number of pyridine rings is 1. The van der Waals surface area contributed by atoms with Gasteiger partial charge in [0.2, 0.25) is 15.7 Å². The van der Waals surface area contributed by atoms with Crippen LogP contribution >= 0.6 is 15.9 Å². The third-order valence-corrected chi connectivity index (χ3v) is 7.29. The van der Waals surface area contributed by atoms with Crippen LogP contribution in [0.2, 0.25) is 0 Å². The number of allylic oxidation sites excluding steroid dienone is 1. The van der Waals surface area contributed by atoms with E-state index in [0.717, 1.165) is 18.1 Å². The first kappa shape index (κ1) is 23.4. The summed E-state index contributed by atoms with van der Waals surface area (Å²) in [5.41, 5.74) is 0.704. The molecule has 0 spiro atoms. The number of halogens is 1. The Bertz CT molecular complexity index is 1600. The number of fused-ring (bicyclic) bond motifs is 1. The van der Waals surface area contributed by atoms with Gasteiger partial charge in [-0.2, -0.15) is 10.2 Å². The number of aromatic nitrogens is 2. The SMILES string of the molecule is CCc1ccc(Oc2nc3ccccn3c(=O)c2/C=C(/C#N)S(=O)(=O)c2ccc(Br)cc2)cc1. The van der Waals surface area contributed by atoms with Gasteiger partial charge < -0.3 is 4.74 Å². The normalized spacial score (nSPS) is 11.9. The maximum Gasteiger partial charge on any atom is 0.269 e. The lowest BCUT2D eigenvalue weighted by atomic mass is 10.2. The Morgan fingerprint density at radius 1 is 1.12 bits per heavy atom. The van der Waals surface area contributed by atoms with E-state index < -0.39 is 20.3 Å². The number of sulfone groups is 1. The molecule has 170 valence electrons. The maximum atomic E-state index is 13.3. The second-order valence-electron chi connectivity index (χ2n) is 7.24. The zero-order valence-electron chi connectivity index (χ0n) is 18.0. The highest BCUT2D eigenvalue weighted by atomic mass is 79.9. The largest absolute Gasteiger partial charge is 0.438 e. The van der Waals surface area contributed by atoms with Crippen molar-refractivity contribution in [3.05, 3.63) is 104 Å². The molecule has 7 nitrogen and oxygen atoms in total. The van der Waals surface area contributed by atoms with Gasteiger partial charge in [0.1, 0.15) is 27.9 Å². The summed E-state index contributed by atoms with van der Waals surface area (Å²) in [6.45, 7) is 2.03. The second kappa shape index (κ2) is 9.63. The molecule has 2 heterocycles. The summed E-state index contributed by atoms with van der Waals surface area (Å²) in [5.74, 6) is 0.326. The van der Waals surface area contributed by atoms with Crippen molar-refractivity contribution < 1.29 is 13.2 Å². The van der Waals surface area contributed by atoms with Crippen LogP contribution in [0, 0.1) is 11.3 Å². The Morgan fingerprint density at radius 3 is 2.47 bits per heavy atom. The van der Waals surface area contributed by atoms with Crippen LogP contribution in [0.1, 0.15) is 18.1 Å². The lowest BCUT2D eigenvalue weighted by Gasteiger charge is -2.11. The number of hydrogen-bond donors (Lipinski definition) is 0. The van der Waals surface area contributed by atoms with Gasteiger partial charge in [-0.3, -0.25) is 9.20 Å². The zero-order valence-corrected chi connectivity index (χ0v) is 20.4. The fourth-order valence-electron chi connectivity index (χ4n) is 3.23. The van der Waals surface area contributed by atoms with E-state index in [4.69, 9.17) is 4.74 Å². The van der Waals surface area contributed by atoms with Crippen LogP contribution in [0.15, 0.2) is 92.0 Å². The van der Waals surface area contributed by atoms with Crippen LogP contribution in [0.3, 0.4) is 0 Å². The number of rotatable bonds is 6. The van der Waals surface area contributed by atoms with E-state index in [1.807, 2.05) is 19.1 Å². The van der Waals surface area contributed by atoms with E-state index in [1.54, 1.807) is 48.5 Å². The molecule has 0 bridgehead atoms. The Morgan fingerprint density at radius 2 is 1.82 bits per heavy atom. The summed E-state index contributed by atoms with van der Waals surface area (Å²) < 4.78 is 34.1. The van der Waals surface area contributed by atoms with Crippen molar-refractivity contribution in [3.63, 3.8) is 0 Å². The zero-order chi connectivity index (χ0) is 24.3. The van der Waals surface area contributed by atoms with Gasteiger partial charge in [-0.25, -0.2) is 8.42 Å². The molecule has 4 rings (SSSR count). The summed E-state index contributed by atoms with van der Waals surface area (Å²) >= 11 is 3.26. The van der Waals surface area contributed by atoms with Crippen molar-refractivity contribution in [1.29, 1.82) is 5.26 Å². The molecule has 0 unspecified atom stereocenters. The highest BCUT2D eigenvalue weighted by Crippen LogP contribution is 2.27. The second-order valence-corrected chi connectivity index (χ2v) is 10.1. The van der Waals surface area contributed by atoms with Crippen molar-refractivity contribution in [2.24, 2.45) is 0 Å². The molecular formula is C25H18BrN3O4S. The first-order chi connectivity index (χ1) is 16.3. The molecule has 4 aromatic rings. The van der Waals surface area contributed by atoms with E-state index in [2.05, 4.69) is 20.9 Å². The van der Waals surface area contributed by atoms with E-state index in [9.17, 15) is 18.5 Å². The van der Waals surface area contributed by atoms with Gasteiger partial charge in [0.15, 0.2) is 0 Å². The molecule has 0 fully saturated rings. The van der Waals surface area contributed by atoms with E-state index in [-0.39, 0.29) is 16.3 Å². The highest BCUT2D eigenvalue weighted by Gasteiger charge is 2.23. The van der Waals surface area contributed by atoms with Crippen LogP contribution in [0.25, 0.3) is 11.7 Å². The molecule has 0 amide bonds. The first-order valence-electron chi connectivity index (χ1n) is 10.2. The predicted molar refractivity (Wildman–Crippen MR) is 132 cm³/mol. The minimum atomic E-state index is -4.19. The fourth-order valence-corrected chi connectivity index (χ4v) is 4.64. The van der Waals surface area contributed by atoms with Gasteiger partial charge in [0.05, 0.1) is 4.90 Å². The highest BCUT2D eigenvalue weighted by molar-refractivity contribution is 9.10. The summed E-state index contributed by atoms with van der Waals surface area (Å²) in [5, 5.41) is 9.70. The van der Waals surface area contributed by atoms with Gasteiger partial charge >= 0.3 is 0 Å². The van der Waals surface area contributed by atoms with Crippen molar-refractivity contribution in [2.75, 3.05) is 0 Å². The molecule has 0 N–H and O–H groups in total. The molecule has 2 aromatic heterocycles. The van der Waals surface area contributed by atoms with E-state index in [0.29, 0.717) is 15.9 Å². The van der Waals surface area contributed by atoms with Crippen molar-refractivity contribution >= 4 is 37.5 Å². The lowest BCUT2D eigenvalue weighted by molar-refractivity contribution is 0.461. The van der Waals surface area contributed by atoms with E-state index >= 15 is 0 Å². The van der Waals surface area contributed by atoms with Gasteiger partial charge in [-0.05, 0) is 66.6 Å². The molecule has 0 atom stereocenters. The average Bonchev–Trinajstić information content (AvgIpc) is 2.84. The Balaban J connectivity index is 1.90. The molecule has 9 heteroatoms. The molecule has 0 radical (unpaired) electrons. The first-order valence-corrected chi connectivity index (χ1v) is 12.5. The molecule has 0 aliphatic heterocycles. The molecule has 0 aliphatic rings. The fraction of sp³-hybridized carbons (Fsp3) is 0.0800. The van der Waals surface area contributed by atoms with Gasteiger partial charge in [0, 0.05) is 10.7 Å².